The van der Waals surface area contributed by atoms with Gasteiger partial charge in [0.15, 0.2) is 0 Å². The third-order valence-corrected chi connectivity index (χ3v) is 3.96. The average molecular weight is 294 g/mol. The monoisotopic (exact) mass is 294 g/mol. The zero-order chi connectivity index (χ0) is 15.4. The normalized spacial score (nSPS) is 16.0. The molecule has 0 unspecified atom stereocenters. The molecule has 1 saturated heterocycles. The number of carbonyl (C=O) groups excluding carboxylic acids is 1. The molecule has 1 aliphatic rings. The molecule has 0 saturated carbocycles. The molecule has 5 nitrogen and oxygen atoms in total. The molecular formula is C15H19FN2O3. The Morgan fingerprint density at radius 1 is 1.33 bits per heavy atom. The Labute approximate surface area is 122 Å². The quantitative estimate of drug-likeness (QED) is 0.870. The van der Waals surface area contributed by atoms with Gasteiger partial charge in [-0.2, -0.15) is 0 Å². The van der Waals surface area contributed by atoms with Crippen LogP contribution in [0.5, 0.6) is 0 Å². The summed E-state index contributed by atoms with van der Waals surface area (Å²) in [6.45, 7) is 1.35. The molecule has 114 valence electrons. The van der Waals surface area contributed by atoms with Gasteiger partial charge in [0.1, 0.15) is 5.82 Å². The molecule has 1 heterocycles. The number of nitrogens with two attached hydrogens (primary N) is 1. The number of halogens is 1. The summed E-state index contributed by atoms with van der Waals surface area (Å²) in [5.74, 6) is -1.79. The van der Waals surface area contributed by atoms with E-state index in [1.165, 1.54) is 6.07 Å². The van der Waals surface area contributed by atoms with Crippen molar-refractivity contribution in [2.24, 2.45) is 11.7 Å². The molecule has 0 aliphatic carbocycles. The van der Waals surface area contributed by atoms with Crippen molar-refractivity contribution < 1.29 is 19.1 Å². The number of anilines is 1. The highest BCUT2D eigenvalue weighted by atomic mass is 19.1. The third-order valence-electron chi connectivity index (χ3n) is 3.96. The van der Waals surface area contributed by atoms with E-state index >= 15 is 0 Å². The maximum atomic E-state index is 13.7. The van der Waals surface area contributed by atoms with E-state index in [1.807, 2.05) is 4.90 Å². The van der Waals surface area contributed by atoms with E-state index in [1.54, 1.807) is 12.1 Å². The van der Waals surface area contributed by atoms with E-state index in [-0.39, 0.29) is 12.0 Å². The Balaban J connectivity index is 2.04. The minimum Gasteiger partial charge on any atom is -0.481 e. The first-order valence-corrected chi connectivity index (χ1v) is 7.04. The maximum Gasteiger partial charge on any atom is 0.303 e. The van der Waals surface area contributed by atoms with Gasteiger partial charge in [0.25, 0.3) is 5.91 Å². The zero-order valence-corrected chi connectivity index (χ0v) is 11.7. The van der Waals surface area contributed by atoms with Crippen molar-refractivity contribution in [2.45, 2.75) is 25.7 Å². The Hall–Kier alpha value is -2.11. The van der Waals surface area contributed by atoms with Gasteiger partial charge >= 0.3 is 5.97 Å². The first kappa shape index (κ1) is 15.3. The summed E-state index contributed by atoms with van der Waals surface area (Å²) >= 11 is 0. The molecule has 1 aromatic rings. The smallest absolute Gasteiger partial charge is 0.303 e. The molecule has 1 aliphatic heterocycles. The number of piperidine rings is 1. The summed E-state index contributed by atoms with van der Waals surface area (Å²) in [6.07, 6.45) is 2.51. The lowest BCUT2D eigenvalue weighted by Crippen LogP contribution is -2.35. The number of hydrogen-bond acceptors (Lipinski definition) is 3. The summed E-state index contributed by atoms with van der Waals surface area (Å²) in [6, 6.07) is 4.48. The van der Waals surface area contributed by atoms with Crippen molar-refractivity contribution in [3.63, 3.8) is 0 Å². The predicted octanol–water partition coefficient (Wildman–Crippen LogP) is 2.01. The fraction of sp³-hybridized carbons (Fsp3) is 0.467. The van der Waals surface area contributed by atoms with Crippen LogP contribution in [0.1, 0.15) is 36.0 Å². The van der Waals surface area contributed by atoms with E-state index in [9.17, 15) is 14.0 Å². The Kier molecular flexibility index (Phi) is 4.77. The second kappa shape index (κ2) is 6.56. The molecule has 0 atom stereocenters. The molecule has 2 rings (SSSR count). The number of nitrogens with zero attached hydrogens (tertiary/aromatic N) is 1. The van der Waals surface area contributed by atoms with Crippen LogP contribution in [0, 0.1) is 11.7 Å². The molecule has 1 fully saturated rings. The van der Waals surface area contributed by atoms with Crippen LogP contribution in [-0.2, 0) is 4.79 Å². The number of benzene rings is 1. The molecule has 3 N–H and O–H groups in total. The van der Waals surface area contributed by atoms with Crippen molar-refractivity contribution in [3.05, 3.63) is 29.6 Å². The van der Waals surface area contributed by atoms with Gasteiger partial charge in [-0.25, -0.2) is 4.39 Å². The van der Waals surface area contributed by atoms with Crippen molar-refractivity contribution in [1.29, 1.82) is 0 Å². The molecular weight excluding hydrogens is 275 g/mol. The number of primary amides is 1. The van der Waals surface area contributed by atoms with Gasteiger partial charge in [-0.3, -0.25) is 9.59 Å². The fourth-order valence-electron chi connectivity index (χ4n) is 2.81. The minimum absolute atomic E-state index is 0.0681. The molecule has 1 aromatic carbocycles. The van der Waals surface area contributed by atoms with Gasteiger partial charge < -0.3 is 15.7 Å². The highest BCUT2D eigenvalue weighted by Gasteiger charge is 2.24. The molecule has 0 bridgehead atoms. The van der Waals surface area contributed by atoms with Gasteiger partial charge in [-0.1, -0.05) is 6.07 Å². The van der Waals surface area contributed by atoms with Crippen LogP contribution in [0.2, 0.25) is 0 Å². The SMILES string of the molecule is NC(=O)c1c(F)cccc1N1CCC(CCC(=O)O)CC1. The van der Waals surface area contributed by atoms with Gasteiger partial charge in [-0.05, 0) is 37.3 Å². The first-order valence-electron chi connectivity index (χ1n) is 7.04. The van der Waals surface area contributed by atoms with E-state index < -0.39 is 17.7 Å². The Morgan fingerprint density at radius 2 is 2.00 bits per heavy atom. The van der Waals surface area contributed by atoms with Gasteiger partial charge in [0.05, 0.1) is 11.3 Å². The molecule has 0 aromatic heterocycles. The van der Waals surface area contributed by atoms with Crippen molar-refractivity contribution in [3.8, 4) is 0 Å². The van der Waals surface area contributed by atoms with Crippen LogP contribution in [-0.4, -0.2) is 30.1 Å². The molecule has 1 amide bonds. The van der Waals surface area contributed by atoms with Gasteiger partial charge in [-0.15, -0.1) is 0 Å². The van der Waals surface area contributed by atoms with Crippen molar-refractivity contribution >= 4 is 17.6 Å². The van der Waals surface area contributed by atoms with E-state index in [0.29, 0.717) is 31.1 Å². The van der Waals surface area contributed by atoms with Crippen molar-refractivity contribution in [1.82, 2.24) is 0 Å². The van der Waals surface area contributed by atoms with E-state index in [2.05, 4.69) is 0 Å². The largest absolute Gasteiger partial charge is 0.481 e. The summed E-state index contributed by atoms with van der Waals surface area (Å²) in [7, 11) is 0. The third kappa shape index (κ3) is 3.71. The van der Waals surface area contributed by atoms with Gasteiger partial charge in [0.2, 0.25) is 0 Å². The summed E-state index contributed by atoms with van der Waals surface area (Å²) in [5, 5.41) is 8.70. The lowest BCUT2D eigenvalue weighted by atomic mass is 9.91. The minimum atomic E-state index is -0.779. The molecule has 0 radical (unpaired) electrons. The number of rotatable bonds is 5. The number of carboxylic acid groups (broad SMARTS) is 1. The van der Waals surface area contributed by atoms with Crippen LogP contribution in [0.15, 0.2) is 18.2 Å². The fourth-order valence-corrected chi connectivity index (χ4v) is 2.81. The van der Waals surface area contributed by atoms with Crippen molar-refractivity contribution in [2.75, 3.05) is 18.0 Å². The Morgan fingerprint density at radius 3 is 2.57 bits per heavy atom. The number of carbonyl (C=O) groups is 2. The highest BCUT2D eigenvalue weighted by molar-refractivity contribution is 5.99. The van der Waals surface area contributed by atoms with Crippen LogP contribution >= 0.6 is 0 Å². The number of carboxylic acids is 1. The second-order valence-electron chi connectivity index (χ2n) is 5.36. The highest BCUT2D eigenvalue weighted by Crippen LogP contribution is 2.29. The standard InChI is InChI=1S/C15H19FN2O3/c16-11-2-1-3-12(14(11)15(17)21)18-8-6-10(7-9-18)4-5-13(19)20/h1-3,10H,4-9H2,(H2,17,21)(H,19,20). The van der Waals surface area contributed by atoms with Crippen LogP contribution in [0.3, 0.4) is 0 Å². The predicted molar refractivity (Wildman–Crippen MR) is 76.7 cm³/mol. The Bertz CT molecular complexity index is 540. The average Bonchev–Trinajstić information content (AvgIpc) is 2.45. The van der Waals surface area contributed by atoms with Crippen LogP contribution in [0.25, 0.3) is 0 Å². The van der Waals surface area contributed by atoms with Crippen LogP contribution in [0.4, 0.5) is 10.1 Å². The summed E-state index contributed by atoms with van der Waals surface area (Å²) in [5.41, 5.74) is 5.72. The summed E-state index contributed by atoms with van der Waals surface area (Å²) in [4.78, 5) is 23.9. The molecule has 21 heavy (non-hydrogen) atoms. The van der Waals surface area contributed by atoms with Gasteiger partial charge in [0, 0.05) is 19.5 Å². The van der Waals surface area contributed by atoms with E-state index in [4.69, 9.17) is 10.8 Å². The second-order valence-corrected chi connectivity index (χ2v) is 5.36. The maximum absolute atomic E-state index is 13.7. The van der Waals surface area contributed by atoms with E-state index in [0.717, 1.165) is 12.8 Å². The number of amides is 1. The first-order chi connectivity index (χ1) is 9.99. The molecule has 0 spiro atoms. The van der Waals surface area contributed by atoms with Crippen LogP contribution < -0.4 is 10.6 Å². The number of aliphatic carboxylic acids is 1. The topological polar surface area (TPSA) is 83.6 Å². The number of hydrogen-bond donors (Lipinski definition) is 2. The lowest BCUT2D eigenvalue weighted by Gasteiger charge is -2.34. The lowest BCUT2D eigenvalue weighted by molar-refractivity contribution is -0.137. The molecule has 6 heteroatoms. The summed E-state index contributed by atoms with van der Waals surface area (Å²) < 4.78 is 13.7. The zero-order valence-electron chi connectivity index (χ0n) is 11.7.